The molecule has 0 saturated carbocycles. The Morgan fingerprint density at radius 3 is 2.22 bits per heavy atom. The minimum Gasteiger partial charge on any atom is -0.364 e. The second-order valence-electron chi connectivity index (χ2n) is 5.14. The molecule has 100 valence electrons. The van der Waals surface area contributed by atoms with Gasteiger partial charge in [-0.15, -0.1) is 0 Å². The number of hydrogen-bond acceptors (Lipinski definition) is 4. The number of amides is 1. The third-order valence-corrected chi connectivity index (χ3v) is 2.42. The number of hydrogen-bond donors (Lipinski definition) is 1. The van der Waals surface area contributed by atoms with Crippen molar-refractivity contribution in [2.45, 2.75) is 40.2 Å². The van der Waals surface area contributed by atoms with Crippen LogP contribution in [-0.4, -0.2) is 39.4 Å². The zero-order valence-corrected chi connectivity index (χ0v) is 11.8. The van der Waals surface area contributed by atoms with Crippen LogP contribution in [0.2, 0.25) is 0 Å². The Bertz CT molecular complexity index is 390. The first-order chi connectivity index (χ1) is 8.37. The van der Waals surface area contributed by atoms with Crippen LogP contribution < -0.4 is 5.32 Å². The maximum atomic E-state index is 12.0. The summed E-state index contributed by atoms with van der Waals surface area (Å²) in [5.74, 6) is 0.605. The van der Waals surface area contributed by atoms with Gasteiger partial charge in [-0.05, 0) is 34.6 Å². The third-order valence-electron chi connectivity index (χ3n) is 2.42. The molecule has 0 bridgehead atoms. The van der Waals surface area contributed by atoms with E-state index in [9.17, 15) is 4.79 Å². The van der Waals surface area contributed by atoms with Crippen LogP contribution in [0.3, 0.4) is 0 Å². The average Bonchev–Trinajstić information content (AvgIpc) is 2.29. The number of nitrogens with one attached hydrogen (secondary N) is 1. The number of anilines is 1. The molecule has 0 aliphatic heterocycles. The van der Waals surface area contributed by atoms with Gasteiger partial charge in [-0.25, -0.2) is 9.97 Å². The zero-order chi connectivity index (χ0) is 13.8. The Kier molecular flexibility index (Phi) is 4.64. The third kappa shape index (κ3) is 3.98. The summed E-state index contributed by atoms with van der Waals surface area (Å²) in [5.41, 5.74) is 0.317. The molecule has 1 N–H and O–H groups in total. The van der Waals surface area contributed by atoms with Crippen LogP contribution in [-0.2, 0) is 0 Å². The van der Waals surface area contributed by atoms with Gasteiger partial charge in [-0.2, -0.15) is 0 Å². The summed E-state index contributed by atoms with van der Waals surface area (Å²) in [5, 5.41) is 3.21. The molecule has 0 unspecified atom stereocenters. The highest BCUT2D eigenvalue weighted by Gasteiger charge is 2.15. The lowest BCUT2D eigenvalue weighted by Crippen LogP contribution is -2.31. The van der Waals surface area contributed by atoms with Crippen LogP contribution >= 0.6 is 0 Å². The first kappa shape index (κ1) is 14.4. The van der Waals surface area contributed by atoms with E-state index >= 15 is 0 Å². The summed E-state index contributed by atoms with van der Waals surface area (Å²) in [4.78, 5) is 22.1. The Balaban J connectivity index is 2.79. The lowest BCUT2D eigenvalue weighted by molar-refractivity contribution is 0.0766. The summed E-state index contributed by atoms with van der Waals surface area (Å²) in [6.07, 6.45) is 3.12. The summed E-state index contributed by atoms with van der Waals surface area (Å²) in [6, 6.07) is 0. The molecule has 18 heavy (non-hydrogen) atoms. The van der Waals surface area contributed by atoms with Gasteiger partial charge in [0.1, 0.15) is 11.5 Å². The number of aromatic nitrogens is 2. The van der Waals surface area contributed by atoms with E-state index in [2.05, 4.69) is 15.3 Å². The van der Waals surface area contributed by atoms with Gasteiger partial charge < -0.3 is 10.2 Å². The molecule has 0 fully saturated rings. The van der Waals surface area contributed by atoms with Gasteiger partial charge in [-0.1, -0.05) is 0 Å². The highest BCUT2D eigenvalue weighted by molar-refractivity contribution is 5.92. The van der Waals surface area contributed by atoms with Crippen molar-refractivity contribution in [2.24, 2.45) is 0 Å². The van der Waals surface area contributed by atoms with Gasteiger partial charge in [-0.3, -0.25) is 4.79 Å². The molecule has 0 atom stereocenters. The number of carbonyl (C=O) groups excluding carboxylic acids is 1. The van der Waals surface area contributed by atoms with Crippen molar-refractivity contribution in [2.75, 3.05) is 18.4 Å². The second kappa shape index (κ2) is 5.80. The van der Waals surface area contributed by atoms with E-state index in [4.69, 9.17) is 0 Å². The van der Waals surface area contributed by atoms with Crippen LogP contribution in [0.25, 0.3) is 0 Å². The molecule has 0 spiro atoms. The minimum absolute atomic E-state index is 0.0704. The van der Waals surface area contributed by atoms with Gasteiger partial charge in [0.15, 0.2) is 0 Å². The number of rotatable bonds is 4. The van der Waals surface area contributed by atoms with Gasteiger partial charge >= 0.3 is 0 Å². The maximum Gasteiger partial charge on any atom is 0.274 e. The van der Waals surface area contributed by atoms with E-state index in [1.165, 1.54) is 6.20 Å². The van der Waals surface area contributed by atoms with Crippen LogP contribution in [0, 0.1) is 0 Å². The molecule has 5 heteroatoms. The number of nitrogens with zero attached hydrogens (tertiary/aromatic N) is 3. The van der Waals surface area contributed by atoms with E-state index in [1.54, 1.807) is 11.1 Å². The molecule has 1 amide bonds. The standard InChI is InChI=1S/C13H22N4O/c1-6-17(7-2)12(18)10-8-15-11(9-14-10)16-13(3,4)5/h8-9H,6-7H2,1-5H3,(H,15,16). The topological polar surface area (TPSA) is 58.1 Å². The number of carbonyl (C=O) groups is 1. The van der Waals surface area contributed by atoms with E-state index in [0.717, 1.165) is 0 Å². The van der Waals surface area contributed by atoms with Gasteiger partial charge in [0, 0.05) is 18.6 Å². The normalized spacial score (nSPS) is 11.2. The molecule has 1 aromatic rings. The predicted molar refractivity (Wildman–Crippen MR) is 72.7 cm³/mol. The fourth-order valence-electron chi connectivity index (χ4n) is 1.56. The summed E-state index contributed by atoms with van der Waals surface area (Å²) in [6.45, 7) is 11.4. The molecule has 0 saturated heterocycles. The lowest BCUT2D eigenvalue weighted by atomic mass is 10.1. The molecule has 5 nitrogen and oxygen atoms in total. The first-order valence-corrected chi connectivity index (χ1v) is 6.27. The van der Waals surface area contributed by atoms with E-state index < -0.39 is 0 Å². The molecule has 0 aliphatic rings. The second-order valence-corrected chi connectivity index (χ2v) is 5.14. The zero-order valence-electron chi connectivity index (χ0n) is 11.8. The Labute approximate surface area is 109 Å². The summed E-state index contributed by atoms with van der Waals surface area (Å²) in [7, 11) is 0. The van der Waals surface area contributed by atoms with Crippen molar-refractivity contribution in [1.82, 2.24) is 14.9 Å². The van der Waals surface area contributed by atoms with Gasteiger partial charge in [0.2, 0.25) is 0 Å². The molecule has 0 aliphatic carbocycles. The average molecular weight is 250 g/mol. The quantitative estimate of drug-likeness (QED) is 0.889. The molecule has 0 aromatic carbocycles. The molecule has 1 rings (SSSR count). The highest BCUT2D eigenvalue weighted by Crippen LogP contribution is 2.11. The van der Waals surface area contributed by atoms with E-state index in [1.807, 2.05) is 34.6 Å². The molecule has 0 radical (unpaired) electrons. The highest BCUT2D eigenvalue weighted by atomic mass is 16.2. The van der Waals surface area contributed by atoms with Crippen LogP contribution in [0.15, 0.2) is 12.4 Å². The van der Waals surface area contributed by atoms with Crippen molar-refractivity contribution in [1.29, 1.82) is 0 Å². The molecular formula is C13H22N4O. The Morgan fingerprint density at radius 1 is 1.22 bits per heavy atom. The van der Waals surface area contributed by atoms with Crippen molar-refractivity contribution >= 4 is 11.7 Å². The molecule has 1 heterocycles. The fraction of sp³-hybridized carbons (Fsp3) is 0.615. The van der Waals surface area contributed by atoms with Crippen LogP contribution in [0.5, 0.6) is 0 Å². The largest absolute Gasteiger partial charge is 0.364 e. The van der Waals surface area contributed by atoms with Crippen molar-refractivity contribution in [3.05, 3.63) is 18.1 Å². The fourth-order valence-corrected chi connectivity index (χ4v) is 1.56. The van der Waals surface area contributed by atoms with Crippen molar-refractivity contribution in [3.8, 4) is 0 Å². The Hall–Kier alpha value is -1.65. The monoisotopic (exact) mass is 250 g/mol. The summed E-state index contributed by atoms with van der Waals surface area (Å²) >= 11 is 0. The van der Waals surface area contributed by atoms with E-state index in [-0.39, 0.29) is 11.4 Å². The summed E-state index contributed by atoms with van der Waals surface area (Å²) < 4.78 is 0. The molecular weight excluding hydrogens is 228 g/mol. The predicted octanol–water partition coefficient (Wildman–Crippen LogP) is 2.17. The van der Waals surface area contributed by atoms with Crippen LogP contribution in [0.4, 0.5) is 5.82 Å². The van der Waals surface area contributed by atoms with Crippen LogP contribution in [0.1, 0.15) is 45.1 Å². The van der Waals surface area contributed by atoms with Gasteiger partial charge in [0.25, 0.3) is 5.91 Å². The SMILES string of the molecule is CCN(CC)C(=O)c1cnc(NC(C)(C)C)cn1. The smallest absolute Gasteiger partial charge is 0.274 e. The van der Waals surface area contributed by atoms with Crippen molar-refractivity contribution in [3.63, 3.8) is 0 Å². The van der Waals surface area contributed by atoms with E-state index in [0.29, 0.717) is 24.6 Å². The molecule has 1 aromatic heterocycles. The maximum absolute atomic E-state index is 12.0. The first-order valence-electron chi connectivity index (χ1n) is 6.27. The minimum atomic E-state index is -0.0743. The van der Waals surface area contributed by atoms with Gasteiger partial charge in [0.05, 0.1) is 12.4 Å². The Morgan fingerprint density at radius 2 is 1.83 bits per heavy atom. The van der Waals surface area contributed by atoms with Crippen molar-refractivity contribution < 1.29 is 4.79 Å². The lowest BCUT2D eigenvalue weighted by Gasteiger charge is -2.21.